The molecule has 4 heteroatoms. The predicted octanol–water partition coefficient (Wildman–Crippen LogP) is 1.97. The molecular weight excluding hydrogens is 228 g/mol. The highest BCUT2D eigenvalue weighted by Gasteiger charge is 2.16. The van der Waals surface area contributed by atoms with Gasteiger partial charge >= 0.3 is 0 Å². The zero-order chi connectivity index (χ0) is 12.8. The summed E-state index contributed by atoms with van der Waals surface area (Å²) in [6, 6.07) is 3.94. The molecule has 2 heterocycles. The van der Waals surface area contributed by atoms with Crippen LogP contribution in [0.25, 0.3) is 0 Å². The zero-order valence-electron chi connectivity index (χ0n) is 10.8. The van der Waals surface area contributed by atoms with Crippen molar-refractivity contribution in [3.05, 3.63) is 29.6 Å². The summed E-state index contributed by atoms with van der Waals surface area (Å²) in [5, 5.41) is 2.91. The molecule has 1 aliphatic rings. The lowest BCUT2D eigenvalue weighted by molar-refractivity contribution is -0.121. The van der Waals surface area contributed by atoms with E-state index in [0.29, 0.717) is 13.0 Å². The third kappa shape index (κ3) is 4.11. The molecule has 0 radical (unpaired) electrons. The van der Waals surface area contributed by atoms with Crippen molar-refractivity contribution in [3.8, 4) is 0 Å². The lowest BCUT2D eigenvalue weighted by Gasteiger charge is -2.09. The molecule has 1 atom stereocenters. The number of aromatic nitrogens is 1. The first kappa shape index (κ1) is 13.0. The van der Waals surface area contributed by atoms with Crippen molar-refractivity contribution in [2.45, 2.75) is 45.3 Å². The minimum atomic E-state index is 0.0890. The Bertz CT molecular complexity index is 383. The Morgan fingerprint density at radius 3 is 3.11 bits per heavy atom. The van der Waals surface area contributed by atoms with Gasteiger partial charge in [0.05, 0.1) is 6.10 Å². The summed E-state index contributed by atoms with van der Waals surface area (Å²) in [4.78, 5) is 15.8. The van der Waals surface area contributed by atoms with Gasteiger partial charge in [-0.1, -0.05) is 6.07 Å². The van der Waals surface area contributed by atoms with E-state index < -0.39 is 0 Å². The molecule has 4 nitrogen and oxygen atoms in total. The Kier molecular flexibility index (Phi) is 4.70. The average Bonchev–Trinajstić information content (AvgIpc) is 2.89. The number of hydrogen-bond acceptors (Lipinski definition) is 3. The minimum Gasteiger partial charge on any atom is -0.378 e. The summed E-state index contributed by atoms with van der Waals surface area (Å²) in [7, 11) is 0. The second-order valence-electron chi connectivity index (χ2n) is 4.76. The van der Waals surface area contributed by atoms with Gasteiger partial charge in [-0.3, -0.25) is 9.78 Å². The Morgan fingerprint density at radius 2 is 2.44 bits per heavy atom. The van der Waals surface area contributed by atoms with Gasteiger partial charge in [-0.15, -0.1) is 0 Å². The Balaban J connectivity index is 1.66. The minimum absolute atomic E-state index is 0.0890. The maximum Gasteiger partial charge on any atom is 0.220 e. The fourth-order valence-electron chi connectivity index (χ4n) is 2.06. The molecule has 0 saturated carbocycles. The van der Waals surface area contributed by atoms with Gasteiger partial charge in [-0.05, 0) is 37.8 Å². The maximum atomic E-state index is 11.7. The topological polar surface area (TPSA) is 51.2 Å². The fourth-order valence-corrected chi connectivity index (χ4v) is 2.06. The molecule has 0 unspecified atom stereocenters. The quantitative estimate of drug-likeness (QED) is 0.866. The normalized spacial score (nSPS) is 18.8. The highest BCUT2D eigenvalue weighted by Crippen LogP contribution is 2.16. The summed E-state index contributed by atoms with van der Waals surface area (Å²) in [6.07, 6.45) is 5.69. The molecule has 1 saturated heterocycles. The van der Waals surface area contributed by atoms with E-state index in [9.17, 15) is 4.79 Å². The molecule has 1 aromatic heterocycles. The number of ether oxygens (including phenoxy) is 1. The van der Waals surface area contributed by atoms with Crippen LogP contribution in [0.4, 0.5) is 0 Å². The molecule has 98 valence electrons. The molecule has 1 N–H and O–H groups in total. The molecule has 1 aromatic rings. The van der Waals surface area contributed by atoms with Crippen LogP contribution in [0.15, 0.2) is 18.3 Å². The molecule has 0 aromatic carbocycles. The van der Waals surface area contributed by atoms with Gasteiger partial charge in [0.25, 0.3) is 0 Å². The van der Waals surface area contributed by atoms with Crippen LogP contribution in [0.3, 0.4) is 0 Å². The van der Waals surface area contributed by atoms with Gasteiger partial charge in [0, 0.05) is 31.5 Å². The molecular formula is C14H20N2O2. The molecule has 1 aliphatic heterocycles. The number of pyridine rings is 1. The number of nitrogens with one attached hydrogen (secondary N) is 1. The number of hydrogen-bond donors (Lipinski definition) is 1. The van der Waals surface area contributed by atoms with Crippen LogP contribution < -0.4 is 5.32 Å². The standard InChI is InChI=1S/C14H20N2O2/c1-11-4-5-12(9-15-11)10-16-14(17)7-6-13-3-2-8-18-13/h4-5,9,13H,2-3,6-8,10H2,1H3,(H,16,17)/t13-/m0/s1. The first-order valence-electron chi connectivity index (χ1n) is 6.54. The van der Waals surface area contributed by atoms with E-state index in [-0.39, 0.29) is 12.0 Å². The van der Waals surface area contributed by atoms with Gasteiger partial charge in [0.15, 0.2) is 0 Å². The SMILES string of the molecule is Cc1ccc(CNC(=O)CC[C@@H]2CCCO2)cn1. The van der Waals surface area contributed by atoms with Gasteiger partial charge in [0.1, 0.15) is 0 Å². The van der Waals surface area contributed by atoms with Crippen molar-refractivity contribution < 1.29 is 9.53 Å². The summed E-state index contributed by atoms with van der Waals surface area (Å²) < 4.78 is 5.49. The lowest BCUT2D eigenvalue weighted by Crippen LogP contribution is -2.24. The number of rotatable bonds is 5. The Morgan fingerprint density at radius 1 is 1.56 bits per heavy atom. The molecule has 1 fully saturated rings. The van der Waals surface area contributed by atoms with Crippen molar-refractivity contribution in [1.29, 1.82) is 0 Å². The molecule has 2 rings (SSSR count). The Labute approximate surface area is 108 Å². The summed E-state index contributed by atoms with van der Waals surface area (Å²) >= 11 is 0. The summed E-state index contributed by atoms with van der Waals surface area (Å²) in [6.45, 7) is 3.35. The molecule has 18 heavy (non-hydrogen) atoms. The van der Waals surface area contributed by atoms with Crippen LogP contribution in [0, 0.1) is 6.92 Å². The van der Waals surface area contributed by atoms with Gasteiger partial charge in [-0.2, -0.15) is 0 Å². The monoisotopic (exact) mass is 248 g/mol. The molecule has 0 spiro atoms. The molecule has 0 aliphatic carbocycles. The number of carbonyl (C=O) groups is 1. The maximum absolute atomic E-state index is 11.7. The van der Waals surface area contributed by atoms with Crippen molar-refractivity contribution in [2.24, 2.45) is 0 Å². The van der Waals surface area contributed by atoms with Crippen LogP contribution in [-0.4, -0.2) is 23.6 Å². The van der Waals surface area contributed by atoms with Crippen LogP contribution in [0.2, 0.25) is 0 Å². The number of amides is 1. The molecule has 0 bridgehead atoms. The van der Waals surface area contributed by atoms with Crippen LogP contribution in [0.1, 0.15) is 36.9 Å². The summed E-state index contributed by atoms with van der Waals surface area (Å²) in [5.41, 5.74) is 2.02. The lowest BCUT2D eigenvalue weighted by atomic mass is 10.1. The smallest absolute Gasteiger partial charge is 0.220 e. The number of aryl methyl sites for hydroxylation is 1. The van der Waals surface area contributed by atoms with Crippen molar-refractivity contribution in [1.82, 2.24) is 10.3 Å². The highest BCUT2D eigenvalue weighted by atomic mass is 16.5. The van der Waals surface area contributed by atoms with Crippen molar-refractivity contribution in [2.75, 3.05) is 6.61 Å². The highest BCUT2D eigenvalue weighted by molar-refractivity contribution is 5.75. The second kappa shape index (κ2) is 6.50. The van der Waals surface area contributed by atoms with E-state index in [0.717, 1.165) is 37.1 Å². The first-order valence-corrected chi connectivity index (χ1v) is 6.54. The van der Waals surface area contributed by atoms with E-state index in [1.54, 1.807) is 6.20 Å². The van der Waals surface area contributed by atoms with Crippen LogP contribution in [-0.2, 0) is 16.1 Å². The first-order chi connectivity index (χ1) is 8.74. The summed E-state index contributed by atoms with van der Waals surface area (Å²) in [5.74, 6) is 0.0890. The third-order valence-electron chi connectivity index (χ3n) is 3.18. The van der Waals surface area contributed by atoms with Gasteiger partial charge in [0.2, 0.25) is 5.91 Å². The predicted molar refractivity (Wildman–Crippen MR) is 69.0 cm³/mol. The van der Waals surface area contributed by atoms with E-state index in [2.05, 4.69) is 10.3 Å². The molecule has 1 amide bonds. The van der Waals surface area contributed by atoms with E-state index in [4.69, 9.17) is 4.74 Å². The average molecular weight is 248 g/mol. The zero-order valence-corrected chi connectivity index (χ0v) is 10.8. The largest absolute Gasteiger partial charge is 0.378 e. The second-order valence-corrected chi connectivity index (χ2v) is 4.76. The number of nitrogens with zero attached hydrogens (tertiary/aromatic N) is 1. The van der Waals surface area contributed by atoms with Crippen LogP contribution in [0.5, 0.6) is 0 Å². The third-order valence-corrected chi connectivity index (χ3v) is 3.18. The van der Waals surface area contributed by atoms with E-state index in [1.807, 2.05) is 19.1 Å². The van der Waals surface area contributed by atoms with Gasteiger partial charge in [-0.25, -0.2) is 0 Å². The van der Waals surface area contributed by atoms with Crippen molar-refractivity contribution in [3.63, 3.8) is 0 Å². The Hall–Kier alpha value is -1.42. The number of carbonyl (C=O) groups excluding carboxylic acids is 1. The fraction of sp³-hybridized carbons (Fsp3) is 0.571. The van der Waals surface area contributed by atoms with E-state index >= 15 is 0 Å². The van der Waals surface area contributed by atoms with Crippen molar-refractivity contribution >= 4 is 5.91 Å². The van der Waals surface area contributed by atoms with E-state index in [1.165, 1.54) is 0 Å². The van der Waals surface area contributed by atoms with Gasteiger partial charge < -0.3 is 10.1 Å². The van der Waals surface area contributed by atoms with Crippen LogP contribution >= 0.6 is 0 Å².